The van der Waals surface area contributed by atoms with E-state index in [-0.39, 0.29) is 5.56 Å². The quantitative estimate of drug-likeness (QED) is 0.941. The van der Waals surface area contributed by atoms with E-state index in [0.29, 0.717) is 4.47 Å². The maximum absolute atomic E-state index is 11.1. The third kappa shape index (κ3) is 2.61. The van der Waals surface area contributed by atoms with Gasteiger partial charge in [0.25, 0.3) is 0 Å². The fourth-order valence-electron chi connectivity index (χ4n) is 1.73. The van der Waals surface area contributed by atoms with E-state index in [9.17, 15) is 4.79 Å². The summed E-state index contributed by atoms with van der Waals surface area (Å²) in [6.07, 6.45) is 4.70. The molecule has 0 spiro atoms. The summed E-state index contributed by atoms with van der Waals surface area (Å²) < 4.78 is 2.44. The van der Waals surface area contributed by atoms with Crippen molar-refractivity contribution in [1.82, 2.24) is 9.78 Å². The number of rotatable bonds is 4. The molecule has 0 atom stereocenters. The number of carbonyl (C=O) groups is 1. The standard InChI is InChI=1S/C13H13BrN2O2/c1-2-5-16-8-10(7-15-16)9-3-4-12(14)11(6-9)13(17)18/h3-4,6-8H,2,5H2,1H3,(H,17,18). The minimum atomic E-state index is -0.940. The van der Waals surface area contributed by atoms with Crippen LogP contribution in [-0.4, -0.2) is 20.9 Å². The van der Waals surface area contributed by atoms with Gasteiger partial charge in [0.05, 0.1) is 11.8 Å². The number of nitrogens with zero attached hydrogens (tertiary/aromatic N) is 2. The third-order valence-electron chi connectivity index (χ3n) is 2.62. The van der Waals surface area contributed by atoms with Gasteiger partial charge < -0.3 is 5.11 Å². The number of hydrogen-bond donors (Lipinski definition) is 1. The second kappa shape index (κ2) is 5.35. The van der Waals surface area contributed by atoms with Gasteiger partial charge in [0.1, 0.15) is 0 Å². The van der Waals surface area contributed by atoms with Crippen LogP contribution in [0, 0.1) is 0 Å². The van der Waals surface area contributed by atoms with Crippen molar-refractivity contribution in [3.8, 4) is 11.1 Å². The third-order valence-corrected chi connectivity index (χ3v) is 3.31. The van der Waals surface area contributed by atoms with Crippen molar-refractivity contribution in [2.45, 2.75) is 19.9 Å². The van der Waals surface area contributed by atoms with Crippen LogP contribution in [0.2, 0.25) is 0 Å². The summed E-state index contributed by atoms with van der Waals surface area (Å²) in [5.41, 5.74) is 2.05. The number of halogens is 1. The molecular formula is C13H13BrN2O2. The van der Waals surface area contributed by atoms with Gasteiger partial charge in [0.2, 0.25) is 0 Å². The second-order valence-electron chi connectivity index (χ2n) is 3.99. The first-order chi connectivity index (χ1) is 8.61. The highest BCUT2D eigenvalue weighted by molar-refractivity contribution is 9.10. The molecule has 0 saturated carbocycles. The predicted octanol–water partition coefficient (Wildman–Crippen LogP) is 3.42. The maximum atomic E-state index is 11.1. The molecule has 0 amide bonds. The van der Waals surface area contributed by atoms with E-state index in [1.165, 1.54) is 0 Å². The van der Waals surface area contributed by atoms with Gasteiger partial charge in [0.15, 0.2) is 0 Å². The van der Waals surface area contributed by atoms with Gasteiger partial charge in [0, 0.05) is 22.8 Å². The van der Waals surface area contributed by atoms with Crippen molar-refractivity contribution < 1.29 is 9.90 Å². The Bertz CT molecular complexity index is 578. The molecule has 4 nitrogen and oxygen atoms in total. The molecule has 18 heavy (non-hydrogen) atoms. The molecule has 0 unspecified atom stereocenters. The van der Waals surface area contributed by atoms with Crippen molar-refractivity contribution in [2.75, 3.05) is 0 Å². The molecule has 1 heterocycles. The zero-order valence-corrected chi connectivity index (χ0v) is 11.5. The summed E-state index contributed by atoms with van der Waals surface area (Å²) in [5.74, 6) is -0.940. The number of aromatic carboxylic acids is 1. The molecule has 0 aliphatic carbocycles. The van der Waals surface area contributed by atoms with Crippen LogP contribution in [0.5, 0.6) is 0 Å². The van der Waals surface area contributed by atoms with Crippen molar-refractivity contribution in [3.05, 3.63) is 40.6 Å². The van der Waals surface area contributed by atoms with Crippen LogP contribution >= 0.6 is 15.9 Å². The lowest BCUT2D eigenvalue weighted by molar-refractivity contribution is 0.0696. The van der Waals surface area contributed by atoms with E-state index in [2.05, 4.69) is 28.0 Å². The Morgan fingerprint density at radius 3 is 2.89 bits per heavy atom. The van der Waals surface area contributed by atoms with E-state index >= 15 is 0 Å². The summed E-state index contributed by atoms with van der Waals surface area (Å²) in [6.45, 7) is 2.95. The highest BCUT2D eigenvalue weighted by atomic mass is 79.9. The fourth-order valence-corrected chi connectivity index (χ4v) is 2.15. The van der Waals surface area contributed by atoms with E-state index in [4.69, 9.17) is 5.11 Å². The molecule has 1 N–H and O–H groups in total. The van der Waals surface area contributed by atoms with Gasteiger partial charge in [-0.25, -0.2) is 4.79 Å². The molecule has 94 valence electrons. The van der Waals surface area contributed by atoms with Crippen molar-refractivity contribution in [3.63, 3.8) is 0 Å². The first kappa shape index (κ1) is 12.8. The Kier molecular flexibility index (Phi) is 3.81. The molecule has 0 bridgehead atoms. The van der Waals surface area contributed by atoms with Gasteiger partial charge in [-0.2, -0.15) is 5.10 Å². The second-order valence-corrected chi connectivity index (χ2v) is 4.85. The van der Waals surface area contributed by atoms with Crippen LogP contribution in [-0.2, 0) is 6.54 Å². The monoisotopic (exact) mass is 308 g/mol. The Labute approximate surface area is 113 Å². The Hall–Kier alpha value is -1.62. The summed E-state index contributed by atoms with van der Waals surface area (Å²) in [7, 11) is 0. The molecule has 0 radical (unpaired) electrons. The maximum Gasteiger partial charge on any atom is 0.336 e. The van der Waals surface area contributed by atoms with Crippen molar-refractivity contribution >= 4 is 21.9 Å². The first-order valence-electron chi connectivity index (χ1n) is 5.67. The SMILES string of the molecule is CCCn1cc(-c2ccc(Br)c(C(=O)O)c2)cn1. The van der Waals surface area contributed by atoms with E-state index in [1.807, 2.05) is 16.9 Å². The number of benzene rings is 1. The average Bonchev–Trinajstić information content (AvgIpc) is 2.78. The largest absolute Gasteiger partial charge is 0.478 e. The van der Waals surface area contributed by atoms with E-state index in [1.54, 1.807) is 18.3 Å². The number of hydrogen-bond acceptors (Lipinski definition) is 2. The van der Waals surface area contributed by atoms with Gasteiger partial charge >= 0.3 is 5.97 Å². The lowest BCUT2D eigenvalue weighted by Crippen LogP contribution is -1.97. The fraction of sp³-hybridized carbons (Fsp3) is 0.231. The van der Waals surface area contributed by atoms with Gasteiger partial charge in [-0.3, -0.25) is 4.68 Å². The van der Waals surface area contributed by atoms with Crippen LogP contribution in [0.25, 0.3) is 11.1 Å². The smallest absolute Gasteiger partial charge is 0.336 e. The highest BCUT2D eigenvalue weighted by Gasteiger charge is 2.10. The molecule has 0 aliphatic heterocycles. The number of carboxylic acid groups (broad SMARTS) is 1. The molecular weight excluding hydrogens is 296 g/mol. The van der Waals surface area contributed by atoms with Crippen LogP contribution in [0.1, 0.15) is 23.7 Å². The van der Waals surface area contributed by atoms with Gasteiger partial charge in [-0.15, -0.1) is 0 Å². The minimum absolute atomic E-state index is 0.260. The minimum Gasteiger partial charge on any atom is -0.478 e. The van der Waals surface area contributed by atoms with Gasteiger partial charge in [-0.1, -0.05) is 13.0 Å². The number of aromatic nitrogens is 2. The number of aryl methyl sites for hydroxylation is 1. The number of carboxylic acids is 1. The summed E-state index contributed by atoms with van der Waals surface area (Å²) in [4.78, 5) is 11.1. The van der Waals surface area contributed by atoms with Crippen LogP contribution in [0.4, 0.5) is 0 Å². The molecule has 0 fully saturated rings. The summed E-state index contributed by atoms with van der Waals surface area (Å²) in [6, 6.07) is 5.28. The Morgan fingerprint density at radius 2 is 2.22 bits per heavy atom. The zero-order valence-electron chi connectivity index (χ0n) is 9.93. The van der Waals surface area contributed by atoms with E-state index < -0.39 is 5.97 Å². The molecule has 0 aliphatic rings. The molecule has 2 aromatic rings. The molecule has 1 aromatic carbocycles. The normalized spacial score (nSPS) is 10.6. The Morgan fingerprint density at radius 1 is 1.44 bits per heavy atom. The highest BCUT2D eigenvalue weighted by Crippen LogP contribution is 2.25. The topological polar surface area (TPSA) is 55.1 Å². The van der Waals surface area contributed by atoms with Crippen LogP contribution in [0.3, 0.4) is 0 Å². The van der Waals surface area contributed by atoms with Crippen LogP contribution < -0.4 is 0 Å². The lowest BCUT2D eigenvalue weighted by atomic mass is 10.1. The van der Waals surface area contributed by atoms with Crippen molar-refractivity contribution in [1.29, 1.82) is 0 Å². The van der Waals surface area contributed by atoms with Crippen molar-refractivity contribution in [2.24, 2.45) is 0 Å². The molecule has 1 aromatic heterocycles. The van der Waals surface area contributed by atoms with Crippen LogP contribution in [0.15, 0.2) is 35.1 Å². The molecule has 5 heteroatoms. The van der Waals surface area contributed by atoms with Gasteiger partial charge in [-0.05, 0) is 40.0 Å². The zero-order chi connectivity index (χ0) is 13.1. The summed E-state index contributed by atoms with van der Waals surface area (Å²) >= 11 is 3.23. The Balaban J connectivity index is 2.38. The predicted molar refractivity (Wildman–Crippen MR) is 72.6 cm³/mol. The first-order valence-corrected chi connectivity index (χ1v) is 6.46. The average molecular weight is 309 g/mol. The van der Waals surface area contributed by atoms with E-state index in [0.717, 1.165) is 24.1 Å². The summed E-state index contributed by atoms with van der Waals surface area (Å²) in [5, 5.41) is 13.3. The molecule has 0 saturated heterocycles. The molecule has 2 rings (SSSR count). The lowest BCUT2D eigenvalue weighted by Gasteiger charge is -2.02.